The van der Waals surface area contributed by atoms with E-state index in [4.69, 9.17) is 21.7 Å². The van der Waals surface area contributed by atoms with E-state index < -0.39 is 0 Å². The van der Waals surface area contributed by atoms with Crippen molar-refractivity contribution in [1.29, 1.82) is 0 Å². The Morgan fingerprint density at radius 3 is 2.58 bits per heavy atom. The lowest BCUT2D eigenvalue weighted by Gasteiger charge is -2.28. The summed E-state index contributed by atoms with van der Waals surface area (Å²) >= 11 is 5.72. The number of hydrogen-bond donors (Lipinski definition) is 1. The van der Waals surface area contributed by atoms with E-state index in [1.54, 1.807) is 6.26 Å². The highest BCUT2D eigenvalue weighted by Gasteiger charge is 2.20. The van der Waals surface area contributed by atoms with Crippen LogP contribution in [0.5, 0.6) is 0 Å². The molecule has 0 aliphatic carbocycles. The summed E-state index contributed by atoms with van der Waals surface area (Å²) in [5, 5.41) is 14.4. The third-order valence-electron chi connectivity index (χ3n) is 4.74. The average molecular weight is 370 g/mol. The van der Waals surface area contributed by atoms with E-state index in [2.05, 4.69) is 17.0 Å². The molecule has 7 heteroatoms. The largest absolute Gasteiger partial charge is 0.461 e. The molecule has 0 amide bonds. The molecule has 1 saturated heterocycles. The summed E-state index contributed by atoms with van der Waals surface area (Å²) in [5.74, 6) is 1.45. The van der Waals surface area contributed by atoms with E-state index in [9.17, 15) is 5.11 Å². The molecule has 136 valence electrons. The van der Waals surface area contributed by atoms with Crippen LogP contribution in [0, 0.1) is 4.77 Å². The number of likely N-dealkylation sites (tertiary alicyclic amines) is 1. The number of rotatable bonds is 5. The molecule has 1 N–H and O–H groups in total. The van der Waals surface area contributed by atoms with Gasteiger partial charge in [0, 0.05) is 13.1 Å². The lowest BCUT2D eigenvalue weighted by Crippen LogP contribution is -2.37. The highest BCUT2D eigenvalue weighted by molar-refractivity contribution is 7.71. The maximum Gasteiger partial charge on any atom is 0.199 e. The van der Waals surface area contributed by atoms with E-state index in [0.29, 0.717) is 23.7 Å². The summed E-state index contributed by atoms with van der Waals surface area (Å²) < 4.78 is 10.1. The predicted octanol–water partition coefficient (Wildman–Crippen LogP) is 3.14. The summed E-state index contributed by atoms with van der Waals surface area (Å²) in [7, 11) is 0. The van der Waals surface area contributed by atoms with Crippen molar-refractivity contribution in [2.75, 3.05) is 13.1 Å². The van der Waals surface area contributed by atoms with Crippen LogP contribution in [0.25, 0.3) is 11.6 Å². The Morgan fingerprint density at radius 1 is 1.12 bits per heavy atom. The third kappa shape index (κ3) is 3.65. The minimum atomic E-state index is -0.187. The quantitative estimate of drug-likeness (QED) is 0.699. The lowest BCUT2D eigenvalue weighted by molar-refractivity contribution is 0.0650. The zero-order valence-corrected chi connectivity index (χ0v) is 15.3. The van der Waals surface area contributed by atoms with Gasteiger partial charge in [-0.25, -0.2) is 4.68 Å². The van der Waals surface area contributed by atoms with Gasteiger partial charge < -0.3 is 9.52 Å². The van der Waals surface area contributed by atoms with Crippen LogP contribution < -0.4 is 0 Å². The van der Waals surface area contributed by atoms with Crippen LogP contribution in [-0.2, 0) is 13.2 Å². The molecule has 1 aliphatic heterocycles. The number of aliphatic hydroxyl groups excluding tert-OH is 1. The van der Waals surface area contributed by atoms with Gasteiger partial charge in [0.1, 0.15) is 0 Å². The topological polar surface area (TPSA) is 59.4 Å². The smallest absolute Gasteiger partial charge is 0.199 e. The maximum atomic E-state index is 9.70. The second-order valence-electron chi connectivity index (χ2n) is 6.65. The van der Waals surface area contributed by atoms with Gasteiger partial charge in [-0.2, -0.15) is 0 Å². The summed E-state index contributed by atoms with van der Waals surface area (Å²) in [6.07, 6.45) is 3.05. The van der Waals surface area contributed by atoms with E-state index in [-0.39, 0.29) is 6.10 Å². The van der Waals surface area contributed by atoms with Gasteiger partial charge in [-0.3, -0.25) is 9.47 Å². The average Bonchev–Trinajstić information content (AvgIpc) is 3.28. The molecule has 0 bridgehead atoms. The van der Waals surface area contributed by atoms with Gasteiger partial charge in [0.05, 0.1) is 25.6 Å². The normalized spacial score (nSPS) is 16.2. The van der Waals surface area contributed by atoms with Crippen molar-refractivity contribution in [2.45, 2.75) is 32.2 Å². The van der Waals surface area contributed by atoms with Crippen molar-refractivity contribution >= 4 is 12.2 Å². The minimum absolute atomic E-state index is 0.187. The van der Waals surface area contributed by atoms with Gasteiger partial charge in [-0.05, 0) is 42.8 Å². The lowest BCUT2D eigenvalue weighted by atomic mass is 10.1. The first-order chi connectivity index (χ1) is 12.7. The molecule has 3 heterocycles. The maximum absolute atomic E-state index is 9.70. The monoisotopic (exact) mass is 370 g/mol. The zero-order chi connectivity index (χ0) is 17.9. The van der Waals surface area contributed by atoms with E-state index in [0.717, 1.165) is 37.3 Å². The fourth-order valence-corrected chi connectivity index (χ4v) is 3.53. The minimum Gasteiger partial charge on any atom is -0.461 e. The number of hydrogen-bond acceptors (Lipinski definition) is 5. The van der Waals surface area contributed by atoms with Crippen molar-refractivity contribution in [2.24, 2.45) is 0 Å². The van der Waals surface area contributed by atoms with Gasteiger partial charge in [-0.15, -0.1) is 5.10 Å². The molecule has 6 nitrogen and oxygen atoms in total. The molecule has 1 aromatic carbocycles. The van der Waals surface area contributed by atoms with Crippen LogP contribution in [0.3, 0.4) is 0 Å². The van der Waals surface area contributed by atoms with E-state index in [1.165, 1.54) is 0 Å². The molecule has 26 heavy (non-hydrogen) atoms. The molecule has 0 spiro atoms. The second kappa shape index (κ2) is 7.57. The van der Waals surface area contributed by atoms with Crippen LogP contribution >= 0.6 is 12.2 Å². The highest BCUT2D eigenvalue weighted by atomic mass is 32.1. The molecule has 0 atom stereocenters. The third-order valence-corrected chi connectivity index (χ3v) is 5.17. The van der Waals surface area contributed by atoms with Crippen LogP contribution in [0.15, 0.2) is 53.1 Å². The number of aromatic nitrogens is 3. The van der Waals surface area contributed by atoms with Gasteiger partial charge in [0.2, 0.25) is 0 Å². The number of furan rings is 1. The molecule has 1 aliphatic rings. The van der Waals surface area contributed by atoms with Crippen molar-refractivity contribution in [1.82, 2.24) is 19.2 Å². The van der Waals surface area contributed by atoms with Gasteiger partial charge in [0.15, 0.2) is 16.4 Å². The molecule has 3 aromatic rings. The fraction of sp³-hybridized carbons (Fsp3) is 0.368. The zero-order valence-electron chi connectivity index (χ0n) is 14.5. The van der Waals surface area contributed by atoms with Crippen LogP contribution in [0.4, 0.5) is 0 Å². The van der Waals surface area contributed by atoms with E-state index >= 15 is 0 Å². The number of benzene rings is 1. The first kappa shape index (κ1) is 17.2. The summed E-state index contributed by atoms with van der Waals surface area (Å²) in [4.78, 5) is 2.27. The van der Waals surface area contributed by atoms with Gasteiger partial charge in [0.25, 0.3) is 0 Å². The summed E-state index contributed by atoms with van der Waals surface area (Å²) in [6.45, 7) is 2.98. The molecule has 0 radical (unpaired) electrons. The van der Waals surface area contributed by atoms with Crippen LogP contribution in [0.2, 0.25) is 0 Å². The molecular weight excluding hydrogens is 348 g/mol. The fourth-order valence-electron chi connectivity index (χ4n) is 3.28. The summed E-state index contributed by atoms with van der Waals surface area (Å²) in [5.41, 5.74) is 1.16. The Labute approximate surface area is 157 Å². The van der Waals surface area contributed by atoms with Crippen LogP contribution in [-0.4, -0.2) is 43.5 Å². The Morgan fingerprint density at radius 2 is 1.88 bits per heavy atom. The van der Waals surface area contributed by atoms with Gasteiger partial charge in [-0.1, -0.05) is 30.3 Å². The number of piperidine rings is 1. The first-order valence-electron chi connectivity index (χ1n) is 8.86. The van der Waals surface area contributed by atoms with Crippen LogP contribution in [0.1, 0.15) is 18.4 Å². The Bertz CT molecular complexity index is 894. The Hall–Kier alpha value is -2.22. The van der Waals surface area contributed by atoms with Gasteiger partial charge >= 0.3 is 0 Å². The number of nitrogens with zero attached hydrogens (tertiary/aromatic N) is 4. The first-order valence-corrected chi connectivity index (χ1v) is 9.27. The highest BCUT2D eigenvalue weighted by Crippen LogP contribution is 2.21. The van der Waals surface area contributed by atoms with Crippen molar-refractivity contribution in [3.63, 3.8) is 0 Å². The SMILES string of the molecule is OC1CCN(Cn2nc(-c3ccco3)n(Cc3ccccc3)c2=S)CC1. The predicted molar refractivity (Wildman–Crippen MR) is 101 cm³/mol. The molecule has 2 aromatic heterocycles. The Balaban J connectivity index is 1.65. The van der Waals surface area contributed by atoms with Crippen molar-refractivity contribution in [3.8, 4) is 11.6 Å². The molecule has 1 fully saturated rings. The van der Waals surface area contributed by atoms with Crippen molar-refractivity contribution in [3.05, 3.63) is 59.1 Å². The molecular formula is C19H22N4O2S. The molecule has 4 rings (SSSR count). The number of aliphatic hydroxyl groups is 1. The standard InChI is InChI=1S/C19H22N4O2S/c24-16-8-10-21(11-9-16)14-23-19(26)22(13-15-5-2-1-3-6-15)18(20-23)17-7-4-12-25-17/h1-7,12,16,24H,8-11,13-14H2. The second-order valence-corrected chi connectivity index (χ2v) is 7.01. The van der Waals surface area contributed by atoms with Crippen molar-refractivity contribution < 1.29 is 9.52 Å². The Kier molecular flexibility index (Phi) is 5.01. The summed E-state index contributed by atoms with van der Waals surface area (Å²) in [6, 6.07) is 14.0. The molecule has 0 unspecified atom stereocenters. The molecule has 0 saturated carbocycles. The van der Waals surface area contributed by atoms with E-state index in [1.807, 2.05) is 39.6 Å².